The molecule has 2 heterocycles. The highest BCUT2D eigenvalue weighted by Crippen LogP contribution is 2.55. The van der Waals surface area contributed by atoms with E-state index in [0.29, 0.717) is 11.4 Å². The summed E-state index contributed by atoms with van der Waals surface area (Å²) in [6.45, 7) is 7.76. The van der Waals surface area contributed by atoms with Gasteiger partial charge in [-0.05, 0) is 68.7 Å². The molecule has 0 aromatic heterocycles. The number of aryl methyl sites for hydroxylation is 4. The van der Waals surface area contributed by atoms with Crippen molar-refractivity contribution in [1.29, 1.82) is 0 Å². The maximum atomic E-state index is 14.1. The molecular formula is C28H27N3O3S. The van der Waals surface area contributed by atoms with Gasteiger partial charge in [-0.3, -0.25) is 24.2 Å². The Bertz CT molecular complexity index is 1370. The second-order valence-corrected chi connectivity index (χ2v) is 10.5. The van der Waals surface area contributed by atoms with Gasteiger partial charge in [-0.15, -0.1) is 11.8 Å². The fourth-order valence-electron chi connectivity index (χ4n) is 5.08. The fourth-order valence-corrected chi connectivity index (χ4v) is 6.44. The summed E-state index contributed by atoms with van der Waals surface area (Å²) in [6, 6.07) is 19.2. The van der Waals surface area contributed by atoms with E-state index in [2.05, 4.69) is 5.32 Å². The van der Waals surface area contributed by atoms with Gasteiger partial charge in [0.2, 0.25) is 16.7 Å². The van der Waals surface area contributed by atoms with Crippen LogP contribution in [0, 0.1) is 27.7 Å². The normalized spacial score (nSPS) is 19.0. The van der Waals surface area contributed by atoms with Crippen LogP contribution in [-0.4, -0.2) is 30.0 Å². The van der Waals surface area contributed by atoms with Gasteiger partial charge in [0, 0.05) is 16.9 Å². The van der Waals surface area contributed by atoms with Crippen LogP contribution in [0.3, 0.4) is 0 Å². The molecule has 3 amide bonds. The third-order valence-electron chi connectivity index (χ3n) is 6.49. The summed E-state index contributed by atoms with van der Waals surface area (Å²) in [4.78, 5) is 42.3. The van der Waals surface area contributed by atoms with Gasteiger partial charge in [0.1, 0.15) is 6.54 Å². The van der Waals surface area contributed by atoms with Crippen molar-refractivity contribution in [1.82, 2.24) is 0 Å². The highest BCUT2D eigenvalue weighted by atomic mass is 32.2. The molecule has 1 N–H and O–H groups in total. The van der Waals surface area contributed by atoms with Gasteiger partial charge in [0.15, 0.2) is 0 Å². The van der Waals surface area contributed by atoms with E-state index in [4.69, 9.17) is 0 Å². The van der Waals surface area contributed by atoms with Crippen LogP contribution in [0.4, 0.5) is 17.1 Å². The Balaban J connectivity index is 1.53. The van der Waals surface area contributed by atoms with E-state index in [-0.39, 0.29) is 30.0 Å². The SMILES string of the molecule is Cc1cc(C)cc(N2C(=O)CSC23C(=O)N(CC(=O)Nc2ccc(C)cc2C)c2ccccc23)c1. The van der Waals surface area contributed by atoms with Gasteiger partial charge in [0.05, 0.1) is 11.4 Å². The second kappa shape index (κ2) is 8.57. The van der Waals surface area contributed by atoms with Crippen molar-refractivity contribution in [2.24, 2.45) is 0 Å². The standard InChI is InChI=1S/C28H27N3O3S/c1-17-9-10-23(20(4)12-17)29-25(32)15-30-24-8-6-5-7-22(24)28(27(30)34)31(26(33)16-35-28)21-13-18(2)11-19(3)14-21/h5-14H,15-16H2,1-4H3,(H,29,32). The number of hydrogen-bond acceptors (Lipinski definition) is 4. The van der Waals surface area contributed by atoms with Crippen LogP contribution in [0.2, 0.25) is 0 Å². The molecule has 2 aliphatic heterocycles. The minimum atomic E-state index is -1.23. The van der Waals surface area contributed by atoms with Crippen molar-refractivity contribution >= 4 is 46.5 Å². The van der Waals surface area contributed by atoms with E-state index >= 15 is 0 Å². The summed E-state index contributed by atoms with van der Waals surface area (Å²) < 4.78 is 0. The number of nitrogens with zero attached hydrogens (tertiary/aromatic N) is 2. The van der Waals surface area contributed by atoms with Crippen molar-refractivity contribution in [3.8, 4) is 0 Å². The number of hydrogen-bond donors (Lipinski definition) is 1. The Morgan fingerprint density at radius 2 is 1.66 bits per heavy atom. The first-order valence-electron chi connectivity index (χ1n) is 11.5. The molecule has 1 saturated heterocycles. The molecule has 0 bridgehead atoms. The molecule has 0 radical (unpaired) electrons. The van der Waals surface area contributed by atoms with E-state index < -0.39 is 4.87 Å². The quantitative estimate of drug-likeness (QED) is 0.574. The molecule has 2 aliphatic rings. The largest absolute Gasteiger partial charge is 0.324 e. The Morgan fingerprint density at radius 1 is 0.943 bits per heavy atom. The lowest BCUT2D eigenvalue weighted by atomic mass is 10.0. The third kappa shape index (κ3) is 3.80. The zero-order chi connectivity index (χ0) is 24.9. The van der Waals surface area contributed by atoms with Crippen LogP contribution in [0.25, 0.3) is 0 Å². The van der Waals surface area contributed by atoms with Crippen LogP contribution in [-0.2, 0) is 19.3 Å². The number of benzene rings is 3. The first-order chi connectivity index (χ1) is 16.7. The number of nitrogens with one attached hydrogen (secondary N) is 1. The number of carbonyl (C=O) groups is 3. The predicted molar refractivity (Wildman–Crippen MR) is 141 cm³/mol. The molecule has 178 valence electrons. The summed E-state index contributed by atoms with van der Waals surface area (Å²) in [6.07, 6.45) is 0. The Hall–Kier alpha value is -3.58. The van der Waals surface area contributed by atoms with E-state index in [1.165, 1.54) is 16.7 Å². The minimum absolute atomic E-state index is 0.121. The smallest absolute Gasteiger partial charge is 0.269 e. The second-order valence-electron chi connectivity index (χ2n) is 9.28. The van der Waals surface area contributed by atoms with Gasteiger partial charge < -0.3 is 5.32 Å². The number of anilines is 3. The van der Waals surface area contributed by atoms with Gasteiger partial charge in [-0.25, -0.2) is 0 Å². The molecule has 0 saturated carbocycles. The maximum absolute atomic E-state index is 14.1. The lowest BCUT2D eigenvalue weighted by molar-refractivity contribution is -0.124. The highest BCUT2D eigenvalue weighted by molar-refractivity contribution is 8.02. The molecule has 1 fully saturated rings. The van der Waals surface area contributed by atoms with Crippen molar-refractivity contribution in [3.63, 3.8) is 0 Å². The molecule has 6 nitrogen and oxygen atoms in total. The van der Waals surface area contributed by atoms with Gasteiger partial charge >= 0.3 is 0 Å². The van der Waals surface area contributed by atoms with E-state index in [1.807, 2.05) is 88.4 Å². The van der Waals surface area contributed by atoms with Crippen LogP contribution >= 0.6 is 11.8 Å². The van der Waals surface area contributed by atoms with Crippen molar-refractivity contribution in [3.05, 3.63) is 88.5 Å². The fraction of sp³-hybridized carbons (Fsp3) is 0.250. The van der Waals surface area contributed by atoms with Crippen LogP contribution in [0.15, 0.2) is 60.7 Å². The predicted octanol–water partition coefficient (Wildman–Crippen LogP) is 4.84. The van der Waals surface area contributed by atoms with Crippen molar-refractivity contribution in [2.45, 2.75) is 32.6 Å². The number of thioether (sulfide) groups is 1. The van der Waals surface area contributed by atoms with Crippen molar-refractivity contribution in [2.75, 3.05) is 27.4 Å². The van der Waals surface area contributed by atoms with Crippen LogP contribution in [0.1, 0.15) is 27.8 Å². The summed E-state index contributed by atoms with van der Waals surface area (Å²) >= 11 is 1.32. The number of fused-ring (bicyclic) bond motifs is 2. The molecule has 3 aromatic carbocycles. The summed E-state index contributed by atoms with van der Waals surface area (Å²) in [5.74, 6) is -0.492. The highest BCUT2D eigenvalue weighted by Gasteiger charge is 2.61. The third-order valence-corrected chi connectivity index (χ3v) is 7.87. The monoisotopic (exact) mass is 485 g/mol. The Morgan fingerprint density at radius 3 is 2.37 bits per heavy atom. The van der Waals surface area contributed by atoms with Gasteiger partial charge in [-0.2, -0.15) is 0 Å². The lowest BCUT2D eigenvalue weighted by Gasteiger charge is -2.33. The molecule has 1 unspecified atom stereocenters. The first kappa shape index (κ1) is 23.2. The minimum Gasteiger partial charge on any atom is -0.324 e. The molecule has 0 aliphatic carbocycles. The molecule has 1 spiro atoms. The molecule has 5 rings (SSSR count). The molecule has 1 atom stereocenters. The number of para-hydroxylation sites is 1. The van der Waals surface area contributed by atoms with Gasteiger partial charge in [0.25, 0.3) is 5.91 Å². The van der Waals surface area contributed by atoms with Crippen molar-refractivity contribution < 1.29 is 14.4 Å². The van der Waals surface area contributed by atoms with E-state index in [0.717, 1.165) is 33.5 Å². The van der Waals surface area contributed by atoms with Crippen LogP contribution in [0.5, 0.6) is 0 Å². The summed E-state index contributed by atoms with van der Waals surface area (Å²) in [5.41, 5.74) is 6.91. The molecule has 7 heteroatoms. The number of amides is 3. The molecule has 3 aromatic rings. The summed E-state index contributed by atoms with van der Waals surface area (Å²) in [5, 5.41) is 2.94. The average molecular weight is 486 g/mol. The van der Waals surface area contributed by atoms with Crippen LogP contribution < -0.4 is 15.1 Å². The molecule has 35 heavy (non-hydrogen) atoms. The van der Waals surface area contributed by atoms with E-state index in [9.17, 15) is 14.4 Å². The zero-order valence-electron chi connectivity index (χ0n) is 20.2. The summed E-state index contributed by atoms with van der Waals surface area (Å²) in [7, 11) is 0. The Labute approximate surface area is 209 Å². The maximum Gasteiger partial charge on any atom is 0.269 e. The number of carbonyl (C=O) groups excluding carboxylic acids is 3. The Kier molecular flexibility index (Phi) is 5.68. The molecular weight excluding hydrogens is 458 g/mol. The van der Waals surface area contributed by atoms with E-state index in [1.54, 1.807) is 4.90 Å². The lowest BCUT2D eigenvalue weighted by Crippen LogP contribution is -2.51. The average Bonchev–Trinajstić information content (AvgIpc) is 3.26. The van der Waals surface area contributed by atoms with Gasteiger partial charge in [-0.1, -0.05) is 42.0 Å². The zero-order valence-corrected chi connectivity index (χ0v) is 21.0. The first-order valence-corrected chi connectivity index (χ1v) is 12.5. The topological polar surface area (TPSA) is 69.7 Å². The number of rotatable bonds is 4.